The lowest BCUT2D eigenvalue weighted by Crippen LogP contribution is -2.41. The highest BCUT2D eigenvalue weighted by molar-refractivity contribution is 7.89. The predicted octanol–water partition coefficient (Wildman–Crippen LogP) is 4.02. The zero-order valence-electron chi connectivity index (χ0n) is 15.4. The van der Waals surface area contributed by atoms with Gasteiger partial charge in [0.05, 0.1) is 5.56 Å². The van der Waals surface area contributed by atoms with Gasteiger partial charge in [-0.1, -0.05) is 0 Å². The molecule has 5 nitrogen and oxygen atoms in total. The van der Waals surface area contributed by atoms with Gasteiger partial charge in [-0.25, -0.2) is 17.2 Å². The number of hydrogen-bond acceptors (Lipinski definition) is 3. The van der Waals surface area contributed by atoms with Crippen molar-refractivity contribution in [1.82, 2.24) is 4.31 Å². The maximum absolute atomic E-state index is 14.0. The molecule has 1 amide bonds. The number of anilines is 1. The standard InChI is InChI=1S/C19H17F5N2O3S/c20-14-2-4-15(5-3-14)25-18(27)12-7-9-26(10-8-12)30(28,29)17-11-13(19(22,23)24)1-6-16(17)21/h1-6,11-12H,7-10H2,(H,25,27). The van der Waals surface area contributed by atoms with E-state index >= 15 is 0 Å². The zero-order chi connectivity index (χ0) is 22.1. The minimum absolute atomic E-state index is 0.104. The van der Waals surface area contributed by atoms with Crippen LogP contribution in [0.4, 0.5) is 27.6 Å². The van der Waals surface area contributed by atoms with Crippen molar-refractivity contribution in [3.8, 4) is 0 Å². The van der Waals surface area contributed by atoms with Crippen molar-refractivity contribution in [2.45, 2.75) is 23.9 Å². The molecule has 1 N–H and O–H groups in total. The normalized spacial score (nSPS) is 16.4. The van der Waals surface area contributed by atoms with Gasteiger partial charge in [-0.3, -0.25) is 4.79 Å². The third-order valence-corrected chi connectivity index (χ3v) is 6.73. The molecule has 1 fully saturated rings. The number of rotatable bonds is 4. The largest absolute Gasteiger partial charge is 0.416 e. The van der Waals surface area contributed by atoms with Gasteiger partial charge in [0.2, 0.25) is 15.9 Å². The van der Waals surface area contributed by atoms with E-state index in [0.29, 0.717) is 17.8 Å². The second kappa shape index (κ2) is 8.31. The minimum atomic E-state index is -4.82. The Morgan fingerprint density at radius 1 is 1.00 bits per heavy atom. The molecule has 1 heterocycles. The number of nitrogens with one attached hydrogen (secondary N) is 1. The molecule has 1 aliphatic rings. The molecule has 0 spiro atoms. The number of piperidine rings is 1. The van der Waals surface area contributed by atoms with Gasteiger partial charge < -0.3 is 5.32 Å². The summed E-state index contributed by atoms with van der Waals surface area (Å²) in [5.74, 6) is -2.68. The van der Waals surface area contributed by atoms with Gasteiger partial charge in [0.1, 0.15) is 16.5 Å². The van der Waals surface area contributed by atoms with E-state index < -0.39 is 44.2 Å². The maximum Gasteiger partial charge on any atom is 0.416 e. The van der Waals surface area contributed by atoms with Gasteiger partial charge in [0.25, 0.3) is 0 Å². The van der Waals surface area contributed by atoms with E-state index in [2.05, 4.69) is 5.32 Å². The molecule has 30 heavy (non-hydrogen) atoms. The number of carbonyl (C=O) groups is 1. The smallest absolute Gasteiger partial charge is 0.326 e. The first-order valence-corrected chi connectivity index (χ1v) is 10.4. The Morgan fingerprint density at radius 2 is 1.60 bits per heavy atom. The van der Waals surface area contributed by atoms with Crippen LogP contribution in [-0.4, -0.2) is 31.7 Å². The lowest BCUT2D eigenvalue weighted by Gasteiger charge is -2.30. The number of carbonyl (C=O) groups excluding carboxylic acids is 1. The maximum atomic E-state index is 14.0. The van der Waals surface area contributed by atoms with Crippen molar-refractivity contribution in [3.63, 3.8) is 0 Å². The Morgan fingerprint density at radius 3 is 2.17 bits per heavy atom. The Labute approximate surface area is 169 Å². The van der Waals surface area contributed by atoms with Crippen molar-refractivity contribution in [3.05, 3.63) is 59.7 Å². The SMILES string of the molecule is O=C(Nc1ccc(F)cc1)C1CCN(S(=O)(=O)c2cc(C(F)(F)F)ccc2F)CC1. The van der Waals surface area contributed by atoms with Crippen LogP contribution in [0.2, 0.25) is 0 Å². The highest BCUT2D eigenvalue weighted by Gasteiger charge is 2.37. The molecule has 1 aliphatic heterocycles. The van der Waals surface area contributed by atoms with Crippen LogP contribution in [-0.2, 0) is 21.0 Å². The highest BCUT2D eigenvalue weighted by atomic mass is 32.2. The minimum Gasteiger partial charge on any atom is -0.326 e. The summed E-state index contributed by atoms with van der Waals surface area (Å²) in [7, 11) is -4.50. The van der Waals surface area contributed by atoms with Crippen molar-refractivity contribution in [2.75, 3.05) is 18.4 Å². The first-order chi connectivity index (χ1) is 14.0. The summed E-state index contributed by atoms with van der Waals surface area (Å²) in [6.07, 6.45) is -4.61. The summed E-state index contributed by atoms with van der Waals surface area (Å²) >= 11 is 0. The topological polar surface area (TPSA) is 66.5 Å². The van der Waals surface area contributed by atoms with Crippen molar-refractivity contribution in [1.29, 1.82) is 0 Å². The predicted molar refractivity (Wildman–Crippen MR) is 97.9 cm³/mol. The lowest BCUT2D eigenvalue weighted by molar-refractivity contribution is -0.137. The van der Waals surface area contributed by atoms with Crippen molar-refractivity contribution < 1.29 is 35.2 Å². The molecular weight excluding hydrogens is 431 g/mol. The van der Waals surface area contributed by atoms with Gasteiger partial charge in [-0.05, 0) is 55.3 Å². The Balaban J connectivity index is 1.69. The fourth-order valence-corrected chi connectivity index (χ4v) is 4.71. The molecule has 162 valence electrons. The second-order valence-electron chi connectivity index (χ2n) is 6.82. The van der Waals surface area contributed by atoms with E-state index in [4.69, 9.17) is 0 Å². The summed E-state index contributed by atoms with van der Waals surface area (Å²) < 4.78 is 91.8. The molecule has 2 aromatic rings. The number of nitrogens with zero attached hydrogens (tertiary/aromatic N) is 1. The average molecular weight is 448 g/mol. The summed E-state index contributed by atoms with van der Waals surface area (Å²) in [5.41, 5.74) is -0.890. The number of alkyl halides is 3. The molecule has 11 heteroatoms. The molecule has 2 aromatic carbocycles. The van der Waals surface area contributed by atoms with E-state index in [0.717, 1.165) is 4.31 Å². The fourth-order valence-electron chi connectivity index (χ4n) is 3.15. The molecule has 0 bridgehead atoms. The Hall–Kier alpha value is -2.53. The number of hydrogen-bond donors (Lipinski definition) is 1. The van der Waals surface area contributed by atoms with E-state index in [1.807, 2.05) is 0 Å². The van der Waals surface area contributed by atoms with E-state index in [-0.39, 0.29) is 37.9 Å². The summed E-state index contributed by atoms with van der Waals surface area (Å²) in [6, 6.07) is 6.33. The third-order valence-electron chi connectivity index (χ3n) is 4.81. The van der Waals surface area contributed by atoms with Crippen LogP contribution in [0.3, 0.4) is 0 Å². The van der Waals surface area contributed by atoms with Crippen LogP contribution < -0.4 is 5.32 Å². The van der Waals surface area contributed by atoms with Crippen molar-refractivity contribution in [2.24, 2.45) is 5.92 Å². The third kappa shape index (κ3) is 4.78. The quantitative estimate of drug-likeness (QED) is 0.719. The number of amides is 1. The second-order valence-corrected chi connectivity index (χ2v) is 8.72. The Bertz CT molecular complexity index is 1030. The fraction of sp³-hybridized carbons (Fsp3) is 0.316. The molecule has 0 unspecified atom stereocenters. The molecule has 0 radical (unpaired) electrons. The van der Waals surface area contributed by atoms with Crippen LogP contribution in [0.5, 0.6) is 0 Å². The molecule has 1 saturated heterocycles. The van der Waals surface area contributed by atoms with E-state index in [9.17, 15) is 35.2 Å². The number of halogens is 5. The highest BCUT2D eigenvalue weighted by Crippen LogP contribution is 2.33. The summed E-state index contributed by atoms with van der Waals surface area (Å²) in [4.78, 5) is 11.3. The molecule has 0 saturated carbocycles. The number of sulfonamides is 1. The average Bonchev–Trinajstić information content (AvgIpc) is 2.69. The van der Waals surface area contributed by atoms with Gasteiger partial charge in [-0.15, -0.1) is 0 Å². The van der Waals surface area contributed by atoms with Crippen LogP contribution in [0.15, 0.2) is 47.4 Å². The van der Waals surface area contributed by atoms with Crippen LogP contribution >= 0.6 is 0 Å². The Kier molecular flexibility index (Phi) is 6.14. The lowest BCUT2D eigenvalue weighted by atomic mass is 9.97. The molecule has 0 atom stereocenters. The van der Waals surface area contributed by atoms with Crippen LogP contribution in [0, 0.1) is 17.6 Å². The molecule has 3 rings (SSSR count). The number of benzene rings is 2. The molecule has 0 aromatic heterocycles. The first kappa shape index (κ1) is 22.2. The first-order valence-electron chi connectivity index (χ1n) is 8.92. The van der Waals surface area contributed by atoms with E-state index in [1.165, 1.54) is 24.3 Å². The van der Waals surface area contributed by atoms with Gasteiger partial charge in [0, 0.05) is 24.7 Å². The van der Waals surface area contributed by atoms with Crippen LogP contribution in [0.1, 0.15) is 18.4 Å². The zero-order valence-corrected chi connectivity index (χ0v) is 16.2. The van der Waals surface area contributed by atoms with Gasteiger partial charge in [0.15, 0.2) is 0 Å². The van der Waals surface area contributed by atoms with Gasteiger partial charge >= 0.3 is 6.18 Å². The van der Waals surface area contributed by atoms with Gasteiger partial charge in [-0.2, -0.15) is 17.5 Å². The molecular formula is C19H17F5N2O3S. The van der Waals surface area contributed by atoms with E-state index in [1.54, 1.807) is 0 Å². The molecule has 0 aliphatic carbocycles. The summed E-state index contributed by atoms with van der Waals surface area (Å²) in [6.45, 7) is -0.307. The monoisotopic (exact) mass is 448 g/mol. The van der Waals surface area contributed by atoms with Crippen molar-refractivity contribution >= 4 is 21.6 Å². The summed E-state index contributed by atoms with van der Waals surface area (Å²) in [5, 5.41) is 2.60. The van der Waals surface area contributed by atoms with Crippen LogP contribution in [0.25, 0.3) is 0 Å².